The Labute approximate surface area is 108 Å². The first-order valence-electron chi connectivity index (χ1n) is 5.71. The van der Waals surface area contributed by atoms with E-state index in [0.29, 0.717) is 17.0 Å². The van der Waals surface area contributed by atoms with Crippen molar-refractivity contribution < 1.29 is 14.3 Å². The number of rotatable bonds is 2. The van der Waals surface area contributed by atoms with Gasteiger partial charge in [-0.1, -0.05) is 0 Å². The SMILES string of the molecule is Cc1ncccc1-c1nc2cc(C(=O)O)ccc2o1. The molecule has 0 aliphatic heterocycles. The molecule has 2 heterocycles. The summed E-state index contributed by atoms with van der Waals surface area (Å²) in [6.07, 6.45) is 1.70. The molecule has 2 aromatic heterocycles. The van der Waals surface area contributed by atoms with Crippen LogP contribution in [0, 0.1) is 6.92 Å². The molecule has 5 nitrogen and oxygen atoms in total. The number of hydrogen-bond acceptors (Lipinski definition) is 4. The molecule has 1 aromatic carbocycles. The molecule has 0 spiro atoms. The predicted octanol–water partition coefficient (Wildman–Crippen LogP) is 2.90. The Morgan fingerprint density at radius 1 is 1.32 bits per heavy atom. The minimum Gasteiger partial charge on any atom is -0.478 e. The van der Waals surface area contributed by atoms with Gasteiger partial charge in [0.25, 0.3) is 0 Å². The molecule has 5 heteroatoms. The fraction of sp³-hybridized carbons (Fsp3) is 0.0714. The minimum absolute atomic E-state index is 0.190. The number of pyridine rings is 1. The molecule has 0 aliphatic rings. The molecule has 1 N–H and O–H groups in total. The van der Waals surface area contributed by atoms with Crippen LogP contribution in [0.1, 0.15) is 16.1 Å². The summed E-state index contributed by atoms with van der Waals surface area (Å²) in [4.78, 5) is 19.4. The summed E-state index contributed by atoms with van der Waals surface area (Å²) in [7, 11) is 0. The number of aromatic nitrogens is 2. The van der Waals surface area contributed by atoms with Gasteiger partial charge in [-0.25, -0.2) is 9.78 Å². The average molecular weight is 254 g/mol. The summed E-state index contributed by atoms with van der Waals surface area (Å²) in [5.41, 5.74) is 2.89. The second-order valence-corrected chi connectivity index (χ2v) is 4.14. The molecule has 3 rings (SSSR count). The van der Waals surface area contributed by atoms with Crippen molar-refractivity contribution in [1.29, 1.82) is 0 Å². The fourth-order valence-corrected chi connectivity index (χ4v) is 1.89. The lowest BCUT2D eigenvalue weighted by Gasteiger charge is -1.97. The standard InChI is InChI=1S/C14H10N2O3/c1-8-10(3-2-6-15-8)13-16-11-7-9(14(17)18)4-5-12(11)19-13/h2-7H,1H3,(H,17,18). The van der Waals surface area contributed by atoms with Gasteiger partial charge in [-0.2, -0.15) is 0 Å². The van der Waals surface area contributed by atoms with Gasteiger partial charge in [-0.05, 0) is 37.3 Å². The summed E-state index contributed by atoms with van der Waals surface area (Å²) in [5.74, 6) is -0.535. The van der Waals surface area contributed by atoms with Crippen molar-refractivity contribution in [3.05, 3.63) is 47.8 Å². The highest BCUT2D eigenvalue weighted by Gasteiger charge is 2.12. The summed E-state index contributed by atoms with van der Waals surface area (Å²) in [6, 6.07) is 8.28. The first-order chi connectivity index (χ1) is 9.15. The zero-order chi connectivity index (χ0) is 13.4. The summed E-state index contributed by atoms with van der Waals surface area (Å²) >= 11 is 0. The van der Waals surface area contributed by atoms with Crippen LogP contribution in [0.3, 0.4) is 0 Å². The van der Waals surface area contributed by atoms with Gasteiger partial charge in [-0.3, -0.25) is 4.98 Å². The van der Waals surface area contributed by atoms with E-state index in [-0.39, 0.29) is 5.56 Å². The van der Waals surface area contributed by atoms with Gasteiger partial charge in [0.1, 0.15) is 5.52 Å². The van der Waals surface area contributed by atoms with Gasteiger partial charge in [0.2, 0.25) is 5.89 Å². The predicted molar refractivity (Wildman–Crippen MR) is 68.9 cm³/mol. The second-order valence-electron chi connectivity index (χ2n) is 4.14. The third-order valence-electron chi connectivity index (χ3n) is 2.87. The highest BCUT2D eigenvalue weighted by atomic mass is 16.4. The molecule has 0 unspecified atom stereocenters. The number of hydrogen-bond donors (Lipinski definition) is 1. The molecule has 0 atom stereocenters. The van der Waals surface area contributed by atoms with Gasteiger partial charge in [0.05, 0.1) is 11.1 Å². The number of carboxylic acids is 1. The molecular formula is C14H10N2O3. The lowest BCUT2D eigenvalue weighted by atomic mass is 10.2. The van der Waals surface area contributed by atoms with Gasteiger partial charge >= 0.3 is 5.97 Å². The summed E-state index contributed by atoms with van der Waals surface area (Å²) in [6.45, 7) is 1.87. The van der Waals surface area contributed by atoms with E-state index in [0.717, 1.165) is 11.3 Å². The van der Waals surface area contributed by atoms with Crippen LogP contribution in [0.25, 0.3) is 22.6 Å². The van der Waals surface area contributed by atoms with Crippen molar-refractivity contribution >= 4 is 17.1 Å². The number of aryl methyl sites for hydroxylation is 1. The highest BCUT2D eigenvalue weighted by Crippen LogP contribution is 2.26. The Kier molecular flexibility index (Phi) is 2.52. The smallest absolute Gasteiger partial charge is 0.335 e. The molecular weight excluding hydrogens is 244 g/mol. The van der Waals surface area contributed by atoms with E-state index in [9.17, 15) is 4.79 Å². The molecule has 0 aliphatic carbocycles. The number of fused-ring (bicyclic) bond motifs is 1. The van der Waals surface area contributed by atoms with Gasteiger partial charge in [-0.15, -0.1) is 0 Å². The van der Waals surface area contributed by atoms with Crippen LogP contribution in [-0.2, 0) is 0 Å². The van der Waals surface area contributed by atoms with Crippen molar-refractivity contribution in [2.24, 2.45) is 0 Å². The fourth-order valence-electron chi connectivity index (χ4n) is 1.89. The van der Waals surface area contributed by atoms with E-state index in [1.165, 1.54) is 12.1 Å². The van der Waals surface area contributed by atoms with E-state index in [1.54, 1.807) is 18.3 Å². The molecule has 0 radical (unpaired) electrons. The normalized spacial score (nSPS) is 10.8. The van der Waals surface area contributed by atoms with Crippen LogP contribution >= 0.6 is 0 Å². The Bertz CT molecular complexity index is 777. The average Bonchev–Trinajstić information content (AvgIpc) is 2.81. The first kappa shape index (κ1) is 11.4. The van der Waals surface area contributed by atoms with Gasteiger partial charge in [0, 0.05) is 11.9 Å². The molecule has 0 fully saturated rings. The van der Waals surface area contributed by atoms with Crippen molar-refractivity contribution in [2.45, 2.75) is 6.92 Å². The highest BCUT2D eigenvalue weighted by molar-refractivity contribution is 5.92. The lowest BCUT2D eigenvalue weighted by Crippen LogP contribution is -1.94. The number of nitrogens with zero attached hydrogens (tertiary/aromatic N) is 2. The number of benzene rings is 1. The molecule has 0 saturated heterocycles. The van der Waals surface area contributed by atoms with Crippen molar-refractivity contribution in [3.8, 4) is 11.5 Å². The third kappa shape index (κ3) is 1.95. The number of aromatic carboxylic acids is 1. The van der Waals surface area contributed by atoms with E-state index in [1.807, 2.05) is 13.0 Å². The van der Waals surface area contributed by atoms with Crippen LogP contribution < -0.4 is 0 Å². The summed E-state index contributed by atoms with van der Waals surface area (Å²) in [5, 5.41) is 8.94. The maximum atomic E-state index is 10.9. The number of carbonyl (C=O) groups is 1. The summed E-state index contributed by atoms with van der Waals surface area (Å²) < 4.78 is 5.63. The van der Waals surface area contributed by atoms with Crippen molar-refractivity contribution in [1.82, 2.24) is 9.97 Å². The van der Waals surface area contributed by atoms with Crippen LogP contribution in [0.15, 0.2) is 40.9 Å². The molecule has 0 amide bonds. The van der Waals surface area contributed by atoms with Crippen molar-refractivity contribution in [2.75, 3.05) is 0 Å². The van der Waals surface area contributed by atoms with Crippen LogP contribution in [-0.4, -0.2) is 21.0 Å². The Hall–Kier alpha value is -2.69. The maximum absolute atomic E-state index is 10.9. The van der Waals surface area contributed by atoms with Crippen LogP contribution in [0.5, 0.6) is 0 Å². The van der Waals surface area contributed by atoms with Gasteiger partial charge in [0.15, 0.2) is 5.58 Å². The van der Waals surface area contributed by atoms with E-state index < -0.39 is 5.97 Å². The topological polar surface area (TPSA) is 76.2 Å². The van der Waals surface area contributed by atoms with E-state index >= 15 is 0 Å². The third-order valence-corrected chi connectivity index (χ3v) is 2.87. The van der Waals surface area contributed by atoms with E-state index in [2.05, 4.69) is 9.97 Å². The molecule has 0 saturated carbocycles. The minimum atomic E-state index is -0.982. The Morgan fingerprint density at radius 2 is 2.16 bits per heavy atom. The van der Waals surface area contributed by atoms with Gasteiger partial charge < -0.3 is 9.52 Å². The zero-order valence-corrected chi connectivity index (χ0v) is 10.1. The molecule has 94 valence electrons. The van der Waals surface area contributed by atoms with Crippen LogP contribution in [0.4, 0.5) is 0 Å². The number of oxazole rings is 1. The lowest BCUT2D eigenvalue weighted by molar-refractivity contribution is 0.0697. The molecule has 3 aromatic rings. The molecule has 0 bridgehead atoms. The molecule has 19 heavy (non-hydrogen) atoms. The zero-order valence-electron chi connectivity index (χ0n) is 10.1. The van der Waals surface area contributed by atoms with E-state index in [4.69, 9.17) is 9.52 Å². The Morgan fingerprint density at radius 3 is 2.89 bits per heavy atom. The monoisotopic (exact) mass is 254 g/mol. The number of carboxylic acid groups (broad SMARTS) is 1. The second kappa shape index (κ2) is 4.20. The quantitative estimate of drug-likeness (QED) is 0.760. The van der Waals surface area contributed by atoms with Crippen LogP contribution in [0.2, 0.25) is 0 Å². The largest absolute Gasteiger partial charge is 0.478 e. The van der Waals surface area contributed by atoms with Crippen molar-refractivity contribution in [3.63, 3.8) is 0 Å². The maximum Gasteiger partial charge on any atom is 0.335 e. The Balaban J connectivity index is 2.17. The first-order valence-corrected chi connectivity index (χ1v) is 5.71.